The number of rotatable bonds is 2. The molecule has 0 spiro atoms. The van der Waals surface area contributed by atoms with E-state index in [1.54, 1.807) is 0 Å². The normalized spacial score (nSPS) is 11.1. The van der Waals surface area contributed by atoms with Crippen LogP contribution in [-0.2, 0) is 14.3 Å². The van der Waals surface area contributed by atoms with E-state index in [4.69, 9.17) is 23.2 Å². The molecular formula is C4H6Cl2O3. The van der Waals surface area contributed by atoms with E-state index < -0.39 is 10.7 Å². The fourth-order valence-electron chi connectivity index (χ4n) is 0.209. The number of alkyl halides is 2. The fourth-order valence-corrected chi connectivity index (χ4v) is 0.426. The molecule has 0 atom stereocenters. The molecule has 0 heterocycles. The van der Waals surface area contributed by atoms with Crippen molar-refractivity contribution in [2.75, 3.05) is 7.11 Å². The number of hydrogen-bond donors (Lipinski definition) is 0. The number of carbonyl (C=O) groups is 1. The van der Waals surface area contributed by atoms with Crippen LogP contribution in [0.1, 0.15) is 6.92 Å². The van der Waals surface area contributed by atoms with Gasteiger partial charge in [-0.3, -0.25) is 4.79 Å². The molecule has 0 bridgehead atoms. The summed E-state index contributed by atoms with van der Waals surface area (Å²) in [6.45, 7) is 1.18. The molecule has 5 heteroatoms. The number of hydrogen-bond acceptors (Lipinski definition) is 3. The van der Waals surface area contributed by atoms with E-state index in [0.717, 1.165) is 0 Å². The van der Waals surface area contributed by atoms with Crippen molar-refractivity contribution in [3.63, 3.8) is 0 Å². The first kappa shape index (κ1) is 9.01. The van der Waals surface area contributed by atoms with Gasteiger partial charge in [0.1, 0.15) is 0 Å². The van der Waals surface area contributed by atoms with Gasteiger partial charge in [0.15, 0.2) is 0 Å². The summed E-state index contributed by atoms with van der Waals surface area (Å²) in [6, 6.07) is 0. The van der Waals surface area contributed by atoms with Gasteiger partial charge in [-0.25, -0.2) is 0 Å². The molecule has 9 heavy (non-hydrogen) atoms. The Labute approximate surface area is 62.8 Å². The maximum Gasteiger partial charge on any atom is 0.377 e. The lowest BCUT2D eigenvalue weighted by molar-refractivity contribution is -0.164. The minimum atomic E-state index is -1.84. The predicted octanol–water partition coefficient (Wildman–Crippen LogP) is 1.28. The molecule has 0 N–H and O–H groups in total. The average Bonchev–Trinajstić information content (AvgIpc) is 1.63. The number of carbonyl (C=O) groups excluding carboxylic acids is 1. The van der Waals surface area contributed by atoms with Crippen molar-refractivity contribution in [2.45, 2.75) is 11.6 Å². The number of ether oxygens (including phenoxy) is 2. The molecule has 0 rings (SSSR count). The van der Waals surface area contributed by atoms with Crippen LogP contribution < -0.4 is 0 Å². The zero-order valence-corrected chi connectivity index (χ0v) is 6.49. The van der Waals surface area contributed by atoms with Crippen LogP contribution in [0.4, 0.5) is 0 Å². The van der Waals surface area contributed by atoms with Crippen molar-refractivity contribution in [2.24, 2.45) is 0 Å². The van der Waals surface area contributed by atoms with Crippen molar-refractivity contribution in [3.8, 4) is 0 Å². The molecule has 0 fully saturated rings. The van der Waals surface area contributed by atoms with E-state index in [-0.39, 0.29) is 0 Å². The highest BCUT2D eigenvalue weighted by atomic mass is 35.5. The third-order valence-electron chi connectivity index (χ3n) is 0.500. The maximum atomic E-state index is 10.1. The molecule has 0 aromatic rings. The highest BCUT2D eigenvalue weighted by molar-refractivity contribution is 6.46. The zero-order valence-electron chi connectivity index (χ0n) is 4.98. The van der Waals surface area contributed by atoms with Gasteiger partial charge >= 0.3 is 10.7 Å². The summed E-state index contributed by atoms with van der Waals surface area (Å²) < 4.78 is 6.75. The highest BCUT2D eigenvalue weighted by Crippen LogP contribution is 2.22. The third-order valence-corrected chi connectivity index (χ3v) is 0.963. The molecule has 0 aliphatic heterocycles. The first-order chi connectivity index (χ1) is 3.98. The molecule has 0 saturated carbocycles. The molecule has 0 aromatic heterocycles. The first-order valence-electron chi connectivity index (χ1n) is 2.10. The van der Waals surface area contributed by atoms with Crippen molar-refractivity contribution < 1.29 is 14.3 Å². The Bertz CT molecular complexity index is 112. The molecule has 0 saturated heterocycles. The van der Waals surface area contributed by atoms with Gasteiger partial charge < -0.3 is 9.47 Å². The van der Waals surface area contributed by atoms with Crippen molar-refractivity contribution in [3.05, 3.63) is 0 Å². The SMILES string of the molecule is COC(Cl)(Cl)OC(C)=O. The van der Waals surface area contributed by atoms with E-state index in [2.05, 4.69) is 9.47 Å². The van der Waals surface area contributed by atoms with Crippen LogP contribution in [0, 0.1) is 0 Å². The van der Waals surface area contributed by atoms with Gasteiger partial charge in [-0.1, -0.05) is 0 Å². The van der Waals surface area contributed by atoms with Gasteiger partial charge in [-0.2, -0.15) is 0 Å². The predicted molar refractivity (Wildman–Crippen MR) is 33.2 cm³/mol. The van der Waals surface area contributed by atoms with Gasteiger partial charge in [0.25, 0.3) is 0 Å². The molecule has 0 amide bonds. The van der Waals surface area contributed by atoms with Crippen molar-refractivity contribution in [1.82, 2.24) is 0 Å². The maximum absolute atomic E-state index is 10.1. The first-order valence-corrected chi connectivity index (χ1v) is 2.86. The summed E-state index contributed by atoms with van der Waals surface area (Å²) in [6.07, 6.45) is 0. The largest absolute Gasteiger partial charge is 0.405 e. The van der Waals surface area contributed by atoms with E-state index in [1.807, 2.05) is 0 Å². The minimum absolute atomic E-state index is 0.596. The van der Waals surface area contributed by atoms with Crippen LogP contribution >= 0.6 is 23.2 Å². The number of esters is 1. The Balaban J connectivity index is 3.71. The second kappa shape index (κ2) is 3.25. The van der Waals surface area contributed by atoms with Crippen LogP contribution in [0.2, 0.25) is 0 Å². The molecule has 0 aliphatic carbocycles. The molecule has 3 nitrogen and oxygen atoms in total. The summed E-state index contributed by atoms with van der Waals surface area (Å²) in [5.41, 5.74) is 0. The topological polar surface area (TPSA) is 35.5 Å². The Morgan fingerprint density at radius 2 is 2.00 bits per heavy atom. The standard InChI is InChI=1S/C4H6Cl2O3/c1-3(7)9-4(5,6)8-2/h1-2H3. The second-order valence-electron chi connectivity index (χ2n) is 1.26. The van der Waals surface area contributed by atoms with E-state index >= 15 is 0 Å². The quantitative estimate of drug-likeness (QED) is 0.358. The van der Waals surface area contributed by atoms with Crippen LogP contribution in [0.15, 0.2) is 0 Å². The Morgan fingerprint density at radius 3 is 2.11 bits per heavy atom. The van der Waals surface area contributed by atoms with E-state index in [1.165, 1.54) is 14.0 Å². The third kappa shape index (κ3) is 4.51. The molecule has 0 radical (unpaired) electrons. The van der Waals surface area contributed by atoms with Gasteiger partial charge in [-0.05, 0) is 23.2 Å². The minimum Gasteiger partial charge on any atom is -0.405 e. The molecule has 0 aromatic carbocycles. The monoisotopic (exact) mass is 172 g/mol. The lowest BCUT2D eigenvalue weighted by Gasteiger charge is -2.15. The van der Waals surface area contributed by atoms with Crippen LogP contribution in [0.3, 0.4) is 0 Å². The van der Waals surface area contributed by atoms with Gasteiger partial charge in [0.05, 0.1) is 0 Å². The van der Waals surface area contributed by atoms with E-state index in [9.17, 15) is 4.79 Å². The summed E-state index contributed by atoms with van der Waals surface area (Å²) >= 11 is 10.4. The summed E-state index contributed by atoms with van der Waals surface area (Å²) in [5.74, 6) is -0.596. The Kier molecular flexibility index (Phi) is 3.25. The van der Waals surface area contributed by atoms with Gasteiger partial charge in [0, 0.05) is 14.0 Å². The Morgan fingerprint density at radius 1 is 1.56 bits per heavy atom. The molecule has 0 aliphatic rings. The lowest BCUT2D eigenvalue weighted by atomic mass is 10.8. The van der Waals surface area contributed by atoms with Gasteiger partial charge in [0.2, 0.25) is 0 Å². The summed E-state index contributed by atoms with van der Waals surface area (Å²) in [5, 5.41) is 0. The van der Waals surface area contributed by atoms with Crippen LogP contribution in [0.25, 0.3) is 0 Å². The highest BCUT2D eigenvalue weighted by Gasteiger charge is 2.26. The molecule has 54 valence electrons. The van der Waals surface area contributed by atoms with Crippen molar-refractivity contribution in [1.29, 1.82) is 0 Å². The summed E-state index contributed by atoms with van der Waals surface area (Å²) in [7, 11) is 1.23. The van der Waals surface area contributed by atoms with Crippen LogP contribution in [-0.4, -0.2) is 17.8 Å². The zero-order chi connectivity index (χ0) is 7.49. The molecule has 0 unspecified atom stereocenters. The van der Waals surface area contributed by atoms with E-state index in [0.29, 0.717) is 0 Å². The average molecular weight is 173 g/mol. The van der Waals surface area contributed by atoms with Gasteiger partial charge in [-0.15, -0.1) is 0 Å². The van der Waals surface area contributed by atoms with Crippen LogP contribution in [0.5, 0.6) is 0 Å². The van der Waals surface area contributed by atoms with Crippen molar-refractivity contribution >= 4 is 29.2 Å². The smallest absolute Gasteiger partial charge is 0.377 e. The Hall–Kier alpha value is 0.01000. The summed E-state index contributed by atoms with van der Waals surface area (Å²) in [4.78, 5) is 10.1. The fraction of sp³-hybridized carbons (Fsp3) is 0.750. The lowest BCUT2D eigenvalue weighted by Crippen LogP contribution is -2.22. The number of halogens is 2. The molecular weight excluding hydrogens is 167 g/mol. The second-order valence-corrected chi connectivity index (χ2v) is 2.45. The number of methoxy groups -OCH3 is 1.